The van der Waals surface area contributed by atoms with Crippen LogP contribution in [-0.4, -0.2) is 34.8 Å². The first kappa shape index (κ1) is 20.2. The zero-order chi connectivity index (χ0) is 21.6. The first-order chi connectivity index (χ1) is 15.0. The number of hydrogen-bond donors (Lipinski definition) is 2. The van der Waals surface area contributed by atoms with Crippen molar-refractivity contribution in [3.63, 3.8) is 0 Å². The van der Waals surface area contributed by atoms with Crippen LogP contribution in [0.3, 0.4) is 0 Å². The zero-order valence-electron chi connectivity index (χ0n) is 17.6. The second-order valence-electron chi connectivity index (χ2n) is 9.05. The van der Waals surface area contributed by atoms with E-state index < -0.39 is 11.6 Å². The maximum atomic E-state index is 13.0. The number of imide groups is 1. The van der Waals surface area contributed by atoms with E-state index in [1.54, 1.807) is 18.3 Å². The van der Waals surface area contributed by atoms with Crippen molar-refractivity contribution in [2.45, 2.75) is 57.0 Å². The molecule has 1 saturated carbocycles. The lowest BCUT2D eigenvalue weighted by Gasteiger charge is -2.23. The van der Waals surface area contributed by atoms with Crippen LogP contribution in [0.1, 0.15) is 60.2 Å². The number of hydrogen-bond acceptors (Lipinski definition) is 4. The fraction of sp³-hybridized carbons (Fsp3) is 0.458. The molecular formula is C24H27N3O3S. The van der Waals surface area contributed by atoms with Gasteiger partial charge in [0, 0.05) is 4.88 Å². The Morgan fingerprint density at radius 1 is 1.23 bits per heavy atom. The highest BCUT2D eigenvalue weighted by Gasteiger charge is 2.56. The Morgan fingerprint density at radius 2 is 2.00 bits per heavy atom. The molecule has 2 N–H and O–H groups in total. The minimum Gasteiger partial charge on any atom is -0.343 e. The van der Waals surface area contributed by atoms with Crippen LogP contribution in [0.5, 0.6) is 0 Å². The summed E-state index contributed by atoms with van der Waals surface area (Å²) < 4.78 is 0. The second kappa shape index (κ2) is 7.79. The van der Waals surface area contributed by atoms with Crippen LogP contribution < -0.4 is 10.6 Å². The number of amides is 4. The van der Waals surface area contributed by atoms with Crippen molar-refractivity contribution in [1.82, 2.24) is 15.5 Å². The molecular weight excluding hydrogens is 410 g/mol. The van der Waals surface area contributed by atoms with E-state index in [1.165, 1.54) is 24.0 Å². The highest BCUT2D eigenvalue weighted by atomic mass is 32.1. The van der Waals surface area contributed by atoms with Gasteiger partial charge in [-0.15, -0.1) is 11.3 Å². The van der Waals surface area contributed by atoms with Crippen LogP contribution in [0.4, 0.5) is 4.79 Å². The number of thiophene rings is 1. The zero-order valence-corrected chi connectivity index (χ0v) is 18.5. The molecule has 1 aliphatic heterocycles. The number of fused-ring (bicyclic) bond motifs is 1. The molecule has 1 saturated heterocycles. The van der Waals surface area contributed by atoms with Gasteiger partial charge in [0.25, 0.3) is 5.91 Å². The van der Waals surface area contributed by atoms with E-state index in [9.17, 15) is 14.4 Å². The molecule has 1 aromatic carbocycles. The molecule has 2 atom stereocenters. The maximum absolute atomic E-state index is 13.0. The number of carbonyl (C=O) groups excluding carboxylic acids is 3. The fourth-order valence-electron chi connectivity index (χ4n) is 4.85. The third kappa shape index (κ3) is 3.76. The molecule has 3 aliphatic rings. The minimum atomic E-state index is -0.872. The second-order valence-corrected chi connectivity index (χ2v) is 10.0. The van der Waals surface area contributed by atoms with E-state index in [0.717, 1.165) is 41.0 Å². The lowest BCUT2D eigenvalue weighted by Crippen LogP contribution is -2.47. The molecule has 0 bridgehead atoms. The summed E-state index contributed by atoms with van der Waals surface area (Å²) in [5, 5.41) is 7.88. The van der Waals surface area contributed by atoms with E-state index >= 15 is 0 Å². The van der Waals surface area contributed by atoms with Gasteiger partial charge in [-0.1, -0.05) is 24.3 Å². The van der Waals surface area contributed by atoms with Crippen LogP contribution in [0, 0.1) is 5.92 Å². The molecule has 0 radical (unpaired) electrons. The molecule has 6 nitrogen and oxygen atoms in total. The van der Waals surface area contributed by atoms with Crippen molar-refractivity contribution in [2.75, 3.05) is 6.54 Å². The predicted octanol–water partition coefficient (Wildman–Crippen LogP) is 3.55. The summed E-state index contributed by atoms with van der Waals surface area (Å²) in [6, 6.07) is 9.67. The normalized spacial score (nSPS) is 24.0. The summed E-state index contributed by atoms with van der Waals surface area (Å²) >= 11 is 1.59. The highest BCUT2D eigenvalue weighted by molar-refractivity contribution is 7.10. The monoisotopic (exact) mass is 437 g/mol. The van der Waals surface area contributed by atoms with Crippen LogP contribution in [0.2, 0.25) is 0 Å². The Kier molecular flexibility index (Phi) is 5.08. The molecule has 162 valence electrons. The molecule has 5 rings (SSSR count). The summed E-state index contributed by atoms with van der Waals surface area (Å²) in [5.74, 6) is -0.456. The molecule has 2 aliphatic carbocycles. The van der Waals surface area contributed by atoms with Crippen LogP contribution in [-0.2, 0) is 22.4 Å². The molecule has 2 heterocycles. The fourth-order valence-corrected chi connectivity index (χ4v) is 5.66. The van der Waals surface area contributed by atoms with Crippen LogP contribution >= 0.6 is 11.3 Å². The van der Waals surface area contributed by atoms with Crippen molar-refractivity contribution in [1.29, 1.82) is 0 Å². The van der Waals surface area contributed by atoms with Crippen molar-refractivity contribution in [3.8, 4) is 0 Å². The van der Waals surface area contributed by atoms with Gasteiger partial charge in [-0.05, 0) is 79.5 Å². The quantitative estimate of drug-likeness (QED) is 0.679. The number of urea groups is 1. The third-order valence-corrected chi connectivity index (χ3v) is 7.77. The number of carbonyl (C=O) groups is 3. The highest BCUT2D eigenvalue weighted by Crippen LogP contribution is 2.42. The summed E-state index contributed by atoms with van der Waals surface area (Å²) in [4.78, 5) is 40.4. The number of rotatable bonds is 6. The van der Waals surface area contributed by atoms with Crippen LogP contribution in [0.15, 0.2) is 35.7 Å². The number of aryl methyl sites for hydroxylation is 2. The summed E-state index contributed by atoms with van der Waals surface area (Å²) in [6.07, 6.45) is 6.46. The Bertz CT molecular complexity index is 1030. The predicted molar refractivity (Wildman–Crippen MR) is 119 cm³/mol. The van der Waals surface area contributed by atoms with Gasteiger partial charge >= 0.3 is 6.03 Å². The number of nitrogens with zero attached hydrogens (tertiary/aromatic N) is 1. The molecule has 2 aromatic rings. The summed E-state index contributed by atoms with van der Waals surface area (Å²) in [6.45, 7) is 1.50. The Balaban J connectivity index is 1.35. The Morgan fingerprint density at radius 3 is 2.71 bits per heavy atom. The molecule has 2 fully saturated rings. The van der Waals surface area contributed by atoms with E-state index in [4.69, 9.17) is 0 Å². The number of nitrogens with one attached hydrogen (secondary N) is 2. The summed E-state index contributed by atoms with van der Waals surface area (Å²) in [5.41, 5.74) is 2.92. The minimum absolute atomic E-state index is 0.173. The first-order valence-corrected chi connectivity index (χ1v) is 11.9. The van der Waals surface area contributed by atoms with Gasteiger partial charge in [0.2, 0.25) is 5.91 Å². The van der Waals surface area contributed by atoms with Gasteiger partial charge < -0.3 is 10.6 Å². The SMILES string of the molecule is C[C@]1(C2CC2)NC(=O)N(CC(=O)N[C@@H](c2ccc3c(c2)CCCC3)c2cccs2)C1=O. The van der Waals surface area contributed by atoms with E-state index in [2.05, 4.69) is 28.8 Å². The molecule has 31 heavy (non-hydrogen) atoms. The van der Waals surface area contributed by atoms with Gasteiger partial charge in [-0.2, -0.15) is 0 Å². The van der Waals surface area contributed by atoms with Gasteiger partial charge in [-0.3, -0.25) is 14.5 Å². The largest absolute Gasteiger partial charge is 0.343 e. The number of benzene rings is 1. The average Bonchev–Trinajstić information content (AvgIpc) is 3.45. The molecule has 7 heteroatoms. The van der Waals surface area contributed by atoms with Crippen molar-refractivity contribution < 1.29 is 14.4 Å². The molecule has 0 unspecified atom stereocenters. The van der Waals surface area contributed by atoms with Gasteiger partial charge in [0.15, 0.2) is 0 Å². The van der Waals surface area contributed by atoms with Gasteiger partial charge in [0.1, 0.15) is 12.1 Å². The molecule has 4 amide bonds. The lowest BCUT2D eigenvalue weighted by atomic mass is 9.89. The van der Waals surface area contributed by atoms with Crippen molar-refractivity contribution in [2.24, 2.45) is 5.92 Å². The lowest BCUT2D eigenvalue weighted by molar-refractivity contribution is -0.135. The third-order valence-electron chi connectivity index (χ3n) is 6.84. The van der Waals surface area contributed by atoms with Gasteiger partial charge in [-0.25, -0.2) is 4.79 Å². The van der Waals surface area contributed by atoms with Gasteiger partial charge in [0.05, 0.1) is 6.04 Å². The van der Waals surface area contributed by atoms with Crippen molar-refractivity contribution >= 4 is 29.2 Å². The summed E-state index contributed by atoms with van der Waals surface area (Å²) in [7, 11) is 0. The maximum Gasteiger partial charge on any atom is 0.325 e. The smallest absolute Gasteiger partial charge is 0.325 e. The first-order valence-electron chi connectivity index (χ1n) is 11.0. The van der Waals surface area contributed by atoms with Crippen LogP contribution in [0.25, 0.3) is 0 Å². The average molecular weight is 438 g/mol. The standard InChI is InChI=1S/C24H27N3O3S/c1-24(18-10-11-18)22(29)27(23(30)26-24)14-20(28)25-21(19-7-4-12-31-19)17-9-8-15-5-2-3-6-16(15)13-17/h4,7-9,12-13,18,21H,2-3,5-6,10-11,14H2,1H3,(H,25,28)(H,26,30)/t21-,24+/m0/s1. The van der Waals surface area contributed by atoms with Crippen molar-refractivity contribution in [3.05, 3.63) is 57.3 Å². The molecule has 1 aromatic heterocycles. The topological polar surface area (TPSA) is 78.5 Å². The van der Waals surface area contributed by atoms with E-state index in [1.807, 2.05) is 17.5 Å². The van der Waals surface area contributed by atoms with E-state index in [0.29, 0.717) is 0 Å². The van der Waals surface area contributed by atoms with E-state index in [-0.39, 0.29) is 30.3 Å². The Hall–Kier alpha value is -2.67. The Labute approximate surface area is 186 Å². The molecule has 0 spiro atoms.